The summed E-state index contributed by atoms with van der Waals surface area (Å²) in [6.45, 7) is 6.85. The molecule has 0 aliphatic carbocycles. The Hall–Kier alpha value is -1.97. The van der Waals surface area contributed by atoms with Crippen LogP contribution in [0.3, 0.4) is 0 Å². The highest BCUT2D eigenvalue weighted by atomic mass is 16.2. The number of nitrogens with zero attached hydrogens (tertiary/aromatic N) is 5. The van der Waals surface area contributed by atoms with Crippen LogP contribution >= 0.6 is 0 Å². The van der Waals surface area contributed by atoms with E-state index in [1.165, 1.54) is 18.4 Å². The van der Waals surface area contributed by atoms with Gasteiger partial charge in [-0.05, 0) is 75.9 Å². The van der Waals surface area contributed by atoms with Gasteiger partial charge in [-0.25, -0.2) is 0 Å². The molecule has 4 rings (SSSR count). The van der Waals surface area contributed by atoms with Crippen molar-refractivity contribution >= 4 is 5.91 Å². The molecular weight excluding hydrogens is 362 g/mol. The molecule has 4 heterocycles. The molecule has 29 heavy (non-hydrogen) atoms. The molecule has 0 spiro atoms. The average Bonchev–Trinajstić information content (AvgIpc) is 2.80. The number of pyridine rings is 1. The largest absolute Gasteiger partial charge is 0.342 e. The zero-order valence-corrected chi connectivity index (χ0v) is 17.4. The van der Waals surface area contributed by atoms with Gasteiger partial charge in [0.05, 0.1) is 12.0 Å². The molecule has 0 N–H and O–H groups in total. The van der Waals surface area contributed by atoms with Crippen LogP contribution in [0.1, 0.15) is 44.1 Å². The molecule has 3 aliphatic heterocycles. The van der Waals surface area contributed by atoms with Crippen LogP contribution in [0, 0.1) is 23.2 Å². The minimum atomic E-state index is 0.138. The van der Waals surface area contributed by atoms with Crippen LogP contribution in [-0.4, -0.2) is 70.9 Å². The van der Waals surface area contributed by atoms with Crippen LogP contribution in [0.4, 0.5) is 0 Å². The Morgan fingerprint density at radius 3 is 2.45 bits per heavy atom. The van der Waals surface area contributed by atoms with Gasteiger partial charge in [-0.1, -0.05) is 0 Å². The van der Waals surface area contributed by atoms with Crippen molar-refractivity contribution in [3.05, 3.63) is 30.1 Å². The predicted molar refractivity (Wildman–Crippen MR) is 112 cm³/mol. The first-order valence-corrected chi connectivity index (χ1v) is 11.3. The standard InChI is InChI=1S/C23H33N5O/c24-16-19-5-14-27(15-6-19)23(29)21-2-1-11-28(18-21)22-7-12-26(13-8-22)17-20-3-9-25-10-4-20/h3-4,9-10,19,21-22H,1-2,5-8,11-15,17-18H2/t21-/m1/s1. The molecule has 1 amide bonds. The van der Waals surface area contributed by atoms with Crippen LogP contribution in [0.15, 0.2) is 24.5 Å². The average molecular weight is 396 g/mol. The highest BCUT2D eigenvalue weighted by molar-refractivity contribution is 5.79. The van der Waals surface area contributed by atoms with Crippen molar-refractivity contribution in [2.75, 3.05) is 39.3 Å². The molecule has 1 aromatic heterocycles. The SMILES string of the molecule is N#CC1CCN(C(=O)[C@@H]2CCCN(C3CCN(Cc4ccncc4)CC3)C2)CC1. The van der Waals surface area contributed by atoms with Crippen molar-refractivity contribution in [3.8, 4) is 6.07 Å². The smallest absolute Gasteiger partial charge is 0.226 e. The summed E-state index contributed by atoms with van der Waals surface area (Å²) >= 11 is 0. The Morgan fingerprint density at radius 2 is 1.76 bits per heavy atom. The number of hydrogen-bond acceptors (Lipinski definition) is 5. The summed E-state index contributed by atoms with van der Waals surface area (Å²) in [7, 11) is 0. The van der Waals surface area contributed by atoms with E-state index in [9.17, 15) is 4.79 Å². The van der Waals surface area contributed by atoms with Crippen molar-refractivity contribution in [3.63, 3.8) is 0 Å². The Morgan fingerprint density at radius 1 is 1.03 bits per heavy atom. The Bertz CT molecular complexity index is 702. The first kappa shape index (κ1) is 20.3. The summed E-state index contributed by atoms with van der Waals surface area (Å²) in [4.78, 5) is 24.3. The maximum absolute atomic E-state index is 13.0. The molecule has 0 saturated carbocycles. The van der Waals surface area contributed by atoms with Gasteiger partial charge in [0.15, 0.2) is 0 Å². The Labute approximate surface area is 174 Å². The molecular formula is C23H33N5O. The first-order chi connectivity index (χ1) is 14.2. The second-order valence-corrected chi connectivity index (χ2v) is 8.93. The third kappa shape index (κ3) is 5.15. The van der Waals surface area contributed by atoms with Crippen LogP contribution < -0.4 is 0 Å². The zero-order valence-electron chi connectivity index (χ0n) is 17.4. The van der Waals surface area contributed by atoms with Gasteiger partial charge in [0.1, 0.15) is 0 Å². The normalized spacial score (nSPS) is 25.6. The molecule has 3 saturated heterocycles. The number of hydrogen-bond donors (Lipinski definition) is 0. The maximum Gasteiger partial charge on any atom is 0.226 e. The van der Waals surface area contributed by atoms with E-state index in [0.29, 0.717) is 11.9 Å². The summed E-state index contributed by atoms with van der Waals surface area (Å²) < 4.78 is 0. The lowest BCUT2D eigenvalue weighted by molar-refractivity contribution is -0.139. The quantitative estimate of drug-likeness (QED) is 0.784. The van der Waals surface area contributed by atoms with Gasteiger partial charge in [-0.3, -0.25) is 19.6 Å². The lowest BCUT2D eigenvalue weighted by atomic mass is 9.91. The number of carbonyl (C=O) groups excluding carboxylic acids is 1. The molecule has 6 heteroatoms. The first-order valence-electron chi connectivity index (χ1n) is 11.3. The van der Waals surface area contributed by atoms with E-state index in [-0.39, 0.29) is 11.8 Å². The molecule has 3 aliphatic rings. The number of piperidine rings is 3. The van der Waals surface area contributed by atoms with Gasteiger partial charge in [0.25, 0.3) is 0 Å². The van der Waals surface area contributed by atoms with E-state index in [1.54, 1.807) is 0 Å². The third-order valence-corrected chi connectivity index (χ3v) is 7.02. The Kier molecular flexibility index (Phi) is 6.78. The van der Waals surface area contributed by atoms with E-state index in [1.807, 2.05) is 17.3 Å². The van der Waals surface area contributed by atoms with Gasteiger partial charge in [-0.2, -0.15) is 5.26 Å². The molecule has 0 unspecified atom stereocenters. The second-order valence-electron chi connectivity index (χ2n) is 8.93. The number of amides is 1. The van der Waals surface area contributed by atoms with Crippen molar-refractivity contribution in [2.24, 2.45) is 11.8 Å². The lowest BCUT2D eigenvalue weighted by Crippen LogP contribution is -2.52. The lowest BCUT2D eigenvalue weighted by Gasteiger charge is -2.43. The monoisotopic (exact) mass is 395 g/mol. The van der Waals surface area contributed by atoms with Crippen LogP contribution in [-0.2, 0) is 11.3 Å². The van der Waals surface area contributed by atoms with Gasteiger partial charge in [0, 0.05) is 50.5 Å². The maximum atomic E-state index is 13.0. The fourth-order valence-electron chi connectivity index (χ4n) is 5.22. The van der Waals surface area contributed by atoms with Crippen LogP contribution in [0.25, 0.3) is 0 Å². The van der Waals surface area contributed by atoms with Crippen molar-refractivity contribution < 1.29 is 4.79 Å². The van der Waals surface area contributed by atoms with Crippen molar-refractivity contribution in [2.45, 2.75) is 51.1 Å². The second kappa shape index (κ2) is 9.69. The van der Waals surface area contributed by atoms with Gasteiger partial charge < -0.3 is 4.90 Å². The van der Waals surface area contributed by atoms with E-state index < -0.39 is 0 Å². The number of likely N-dealkylation sites (tertiary alicyclic amines) is 3. The zero-order chi connectivity index (χ0) is 20.1. The van der Waals surface area contributed by atoms with E-state index in [4.69, 9.17) is 5.26 Å². The minimum absolute atomic E-state index is 0.138. The number of nitriles is 1. The molecule has 0 radical (unpaired) electrons. The molecule has 6 nitrogen and oxygen atoms in total. The van der Waals surface area contributed by atoms with Crippen LogP contribution in [0.5, 0.6) is 0 Å². The number of aromatic nitrogens is 1. The number of rotatable bonds is 4. The molecule has 3 fully saturated rings. The van der Waals surface area contributed by atoms with Crippen molar-refractivity contribution in [1.82, 2.24) is 19.7 Å². The minimum Gasteiger partial charge on any atom is -0.342 e. The highest BCUT2D eigenvalue weighted by Crippen LogP contribution is 2.27. The highest BCUT2D eigenvalue weighted by Gasteiger charge is 2.34. The molecule has 156 valence electrons. The van der Waals surface area contributed by atoms with E-state index >= 15 is 0 Å². The molecule has 1 atom stereocenters. The van der Waals surface area contributed by atoms with Gasteiger partial charge >= 0.3 is 0 Å². The van der Waals surface area contributed by atoms with Crippen molar-refractivity contribution in [1.29, 1.82) is 5.26 Å². The molecule has 1 aromatic rings. The number of carbonyl (C=O) groups is 1. The summed E-state index contributed by atoms with van der Waals surface area (Å²) in [5, 5.41) is 9.08. The van der Waals surface area contributed by atoms with E-state index in [0.717, 1.165) is 71.5 Å². The summed E-state index contributed by atoms with van der Waals surface area (Å²) in [6.07, 6.45) is 9.96. The molecule has 0 bridgehead atoms. The Balaban J connectivity index is 1.25. The summed E-state index contributed by atoms with van der Waals surface area (Å²) in [5.41, 5.74) is 1.34. The van der Waals surface area contributed by atoms with Crippen LogP contribution in [0.2, 0.25) is 0 Å². The molecule has 0 aromatic carbocycles. The van der Waals surface area contributed by atoms with Gasteiger partial charge in [-0.15, -0.1) is 0 Å². The van der Waals surface area contributed by atoms with Gasteiger partial charge in [0.2, 0.25) is 5.91 Å². The predicted octanol–water partition coefficient (Wildman–Crippen LogP) is 2.52. The third-order valence-electron chi connectivity index (χ3n) is 7.02. The summed E-state index contributed by atoms with van der Waals surface area (Å²) in [5.74, 6) is 0.623. The fraction of sp³-hybridized carbons (Fsp3) is 0.696. The topological polar surface area (TPSA) is 63.5 Å². The summed E-state index contributed by atoms with van der Waals surface area (Å²) in [6, 6.07) is 7.18. The fourth-order valence-corrected chi connectivity index (χ4v) is 5.22. The van der Waals surface area contributed by atoms with E-state index in [2.05, 4.69) is 33.0 Å².